The highest BCUT2D eigenvalue weighted by atomic mass is 19.1. The van der Waals surface area contributed by atoms with Crippen LogP contribution in [0.25, 0.3) is 0 Å². The Morgan fingerprint density at radius 1 is 1.31 bits per heavy atom. The molecule has 1 N–H and O–H groups in total. The van der Waals surface area contributed by atoms with Crippen LogP contribution in [0.3, 0.4) is 0 Å². The summed E-state index contributed by atoms with van der Waals surface area (Å²) in [7, 11) is 0. The SMILES string of the molecule is Fc1ccc(CCNCC2CCOC2)cc1. The van der Waals surface area contributed by atoms with E-state index in [1.165, 1.54) is 24.1 Å². The van der Waals surface area contributed by atoms with Crippen molar-refractivity contribution in [2.45, 2.75) is 12.8 Å². The average Bonchev–Trinajstić information content (AvgIpc) is 2.80. The maximum absolute atomic E-state index is 12.6. The molecule has 1 saturated heterocycles. The van der Waals surface area contributed by atoms with Crippen molar-refractivity contribution >= 4 is 0 Å². The zero-order chi connectivity index (χ0) is 11.2. The van der Waals surface area contributed by atoms with Crippen LogP contribution in [-0.4, -0.2) is 26.3 Å². The topological polar surface area (TPSA) is 21.3 Å². The number of nitrogens with one attached hydrogen (secondary N) is 1. The predicted molar refractivity (Wildman–Crippen MR) is 61.9 cm³/mol. The van der Waals surface area contributed by atoms with Crippen LogP contribution in [0.2, 0.25) is 0 Å². The molecule has 1 aromatic carbocycles. The minimum absolute atomic E-state index is 0.167. The first-order valence-corrected chi connectivity index (χ1v) is 5.87. The molecule has 0 spiro atoms. The fraction of sp³-hybridized carbons (Fsp3) is 0.538. The van der Waals surface area contributed by atoms with Gasteiger partial charge in [0.2, 0.25) is 0 Å². The van der Waals surface area contributed by atoms with Gasteiger partial charge in [-0.15, -0.1) is 0 Å². The van der Waals surface area contributed by atoms with Crippen molar-refractivity contribution in [3.63, 3.8) is 0 Å². The van der Waals surface area contributed by atoms with Crippen LogP contribution in [0.1, 0.15) is 12.0 Å². The first-order chi connectivity index (χ1) is 7.84. The second kappa shape index (κ2) is 5.97. The molecule has 1 fully saturated rings. The van der Waals surface area contributed by atoms with E-state index >= 15 is 0 Å². The molecule has 1 aliphatic rings. The van der Waals surface area contributed by atoms with Gasteiger partial charge < -0.3 is 10.1 Å². The van der Waals surface area contributed by atoms with Gasteiger partial charge in [0.05, 0.1) is 6.61 Å². The Balaban J connectivity index is 1.62. The molecular formula is C13H18FNO. The third-order valence-corrected chi connectivity index (χ3v) is 2.96. The molecule has 2 rings (SSSR count). The van der Waals surface area contributed by atoms with Crippen LogP contribution in [0.5, 0.6) is 0 Å². The van der Waals surface area contributed by atoms with E-state index in [0.29, 0.717) is 5.92 Å². The summed E-state index contributed by atoms with van der Waals surface area (Å²) in [4.78, 5) is 0. The lowest BCUT2D eigenvalue weighted by Gasteiger charge is -2.09. The van der Waals surface area contributed by atoms with Crippen molar-refractivity contribution in [3.05, 3.63) is 35.6 Å². The van der Waals surface area contributed by atoms with E-state index in [9.17, 15) is 4.39 Å². The highest BCUT2D eigenvalue weighted by Crippen LogP contribution is 2.10. The fourth-order valence-corrected chi connectivity index (χ4v) is 1.93. The van der Waals surface area contributed by atoms with Gasteiger partial charge in [0.1, 0.15) is 5.82 Å². The van der Waals surface area contributed by atoms with E-state index in [2.05, 4.69) is 5.32 Å². The molecule has 3 heteroatoms. The lowest BCUT2D eigenvalue weighted by atomic mass is 10.1. The Labute approximate surface area is 95.8 Å². The minimum Gasteiger partial charge on any atom is -0.381 e. The van der Waals surface area contributed by atoms with Gasteiger partial charge in [0.15, 0.2) is 0 Å². The fourth-order valence-electron chi connectivity index (χ4n) is 1.93. The molecule has 0 saturated carbocycles. The number of benzene rings is 1. The highest BCUT2D eigenvalue weighted by Gasteiger charge is 2.14. The van der Waals surface area contributed by atoms with Gasteiger partial charge in [-0.3, -0.25) is 0 Å². The number of hydrogen-bond acceptors (Lipinski definition) is 2. The summed E-state index contributed by atoms with van der Waals surface area (Å²) in [6, 6.07) is 6.71. The number of ether oxygens (including phenoxy) is 1. The molecule has 16 heavy (non-hydrogen) atoms. The second-order valence-corrected chi connectivity index (χ2v) is 4.31. The highest BCUT2D eigenvalue weighted by molar-refractivity contribution is 5.16. The minimum atomic E-state index is -0.167. The summed E-state index contributed by atoms with van der Waals surface area (Å²) in [5, 5.41) is 3.42. The zero-order valence-corrected chi connectivity index (χ0v) is 9.42. The van der Waals surface area contributed by atoms with Gasteiger partial charge in [0.25, 0.3) is 0 Å². The molecule has 1 aromatic rings. The molecule has 1 aliphatic heterocycles. The van der Waals surface area contributed by atoms with Gasteiger partial charge >= 0.3 is 0 Å². The molecular weight excluding hydrogens is 205 g/mol. The van der Waals surface area contributed by atoms with E-state index in [1.54, 1.807) is 0 Å². The summed E-state index contributed by atoms with van der Waals surface area (Å²) in [5.41, 5.74) is 1.18. The Kier molecular flexibility index (Phi) is 4.31. The van der Waals surface area contributed by atoms with E-state index in [0.717, 1.165) is 32.7 Å². The molecule has 1 atom stereocenters. The number of rotatable bonds is 5. The lowest BCUT2D eigenvalue weighted by Crippen LogP contribution is -2.25. The Morgan fingerprint density at radius 2 is 2.12 bits per heavy atom. The summed E-state index contributed by atoms with van der Waals surface area (Å²) < 4.78 is 18.0. The van der Waals surface area contributed by atoms with Crippen LogP contribution in [0.15, 0.2) is 24.3 Å². The number of hydrogen-bond donors (Lipinski definition) is 1. The molecule has 88 valence electrons. The molecule has 1 unspecified atom stereocenters. The van der Waals surface area contributed by atoms with Crippen LogP contribution >= 0.6 is 0 Å². The summed E-state index contributed by atoms with van der Waals surface area (Å²) >= 11 is 0. The van der Waals surface area contributed by atoms with Crippen molar-refractivity contribution in [2.75, 3.05) is 26.3 Å². The van der Waals surface area contributed by atoms with Gasteiger partial charge in [-0.2, -0.15) is 0 Å². The van der Waals surface area contributed by atoms with Gasteiger partial charge in [-0.1, -0.05) is 12.1 Å². The maximum atomic E-state index is 12.6. The van der Waals surface area contributed by atoms with E-state index < -0.39 is 0 Å². The average molecular weight is 223 g/mol. The van der Waals surface area contributed by atoms with Crippen LogP contribution in [-0.2, 0) is 11.2 Å². The van der Waals surface area contributed by atoms with Gasteiger partial charge in [-0.05, 0) is 43.0 Å². The Hall–Kier alpha value is -0.930. The first kappa shape index (κ1) is 11.6. The van der Waals surface area contributed by atoms with Crippen molar-refractivity contribution in [1.29, 1.82) is 0 Å². The Morgan fingerprint density at radius 3 is 2.81 bits per heavy atom. The second-order valence-electron chi connectivity index (χ2n) is 4.31. The van der Waals surface area contributed by atoms with Gasteiger partial charge in [-0.25, -0.2) is 4.39 Å². The molecule has 0 radical (unpaired) electrons. The van der Waals surface area contributed by atoms with E-state index in [-0.39, 0.29) is 5.82 Å². The zero-order valence-electron chi connectivity index (χ0n) is 9.42. The summed E-state index contributed by atoms with van der Waals surface area (Å²) in [5.74, 6) is 0.507. The van der Waals surface area contributed by atoms with Crippen molar-refractivity contribution < 1.29 is 9.13 Å². The molecule has 1 heterocycles. The molecule has 0 bridgehead atoms. The molecule has 0 amide bonds. The molecule has 2 nitrogen and oxygen atoms in total. The smallest absolute Gasteiger partial charge is 0.123 e. The van der Waals surface area contributed by atoms with Crippen LogP contribution in [0, 0.1) is 11.7 Å². The summed E-state index contributed by atoms with van der Waals surface area (Å²) in [6.07, 6.45) is 2.12. The van der Waals surface area contributed by atoms with Crippen molar-refractivity contribution in [1.82, 2.24) is 5.32 Å². The molecule has 0 aromatic heterocycles. The van der Waals surface area contributed by atoms with Crippen LogP contribution in [0.4, 0.5) is 4.39 Å². The van der Waals surface area contributed by atoms with Crippen LogP contribution < -0.4 is 5.32 Å². The van der Waals surface area contributed by atoms with E-state index in [4.69, 9.17) is 4.74 Å². The number of halogens is 1. The first-order valence-electron chi connectivity index (χ1n) is 5.87. The van der Waals surface area contributed by atoms with E-state index in [1.807, 2.05) is 12.1 Å². The lowest BCUT2D eigenvalue weighted by molar-refractivity contribution is 0.185. The standard InChI is InChI=1S/C13H18FNO/c14-13-3-1-11(2-4-13)5-7-15-9-12-6-8-16-10-12/h1-4,12,15H,5-10H2. The quantitative estimate of drug-likeness (QED) is 0.771. The predicted octanol–water partition coefficient (Wildman–Crippen LogP) is 1.99. The normalized spacial score (nSPS) is 20.2. The third-order valence-electron chi connectivity index (χ3n) is 2.96. The van der Waals surface area contributed by atoms with Crippen molar-refractivity contribution in [2.24, 2.45) is 5.92 Å². The summed E-state index contributed by atoms with van der Waals surface area (Å²) in [6.45, 7) is 3.77. The maximum Gasteiger partial charge on any atom is 0.123 e. The molecule has 0 aliphatic carbocycles. The van der Waals surface area contributed by atoms with Crippen molar-refractivity contribution in [3.8, 4) is 0 Å². The largest absolute Gasteiger partial charge is 0.381 e. The monoisotopic (exact) mass is 223 g/mol. The Bertz CT molecular complexity index is 306. The van der Waals surface area contributed by atoms with Gasteiger partial charge in [0, 0.05) is 13.2 Å². The third kappa shape index (κ3) is 3.58.